The number of hydrogen-bond acceptors (Lipinski definition) is 1. The summed E-state index contributed by atoms with van der Waals surface area (Å²) in [5, 5.41) is 0. The van der Waals surface area contributed by atoms with E-state index in [4.69, 9.17) is 0 Å². The molecule has 2 aromatic rings. The molecule has 0 aromatic heterocycles. The molecule has 2 heteroatoms. The number of halogens is 1. The summed E-state index contributed by atoms with van der Waals surface area (Å²) in [5.74, 6) is -0.460. The molecule has 2 aromatic carbocycles. The molecule has 0 saturated carbocycles. The highest BCUT2D eigenvalue weighted by molar-refractivity contribution is 6.09. The molecule has 0 saturated heterocycles. The van der Waals surface area contributed by atoms with Crippen molar-refractivity contribution in [2.75, 3.05) is 0 Å². The van der Waals surface area contributed by atoms with Crippen molar-refractivity contribution in [1.82, 2.24) is 0 Å². The predicted octanol–water partition coefficient (Wildman–Crippen LogP) is 4.49. The van der Waals surface area contributed by atoms with Crippen LogP contribution in [0.4, 0.5) is 4.39 Å². The van der Waals surface area contributed by atoms with E-state index in [9.17, 15) is 9.18 Å². The molecule has 0 atom stereocenters. The van der Waals surface area contributed by atoms with Crippen molar-refractivity contribution in [2.45, 2.75) is 33.6 Å². The number of aryl methyl sites for hydroxylation is 3. The van der Waals surface area contributed by atoms with Crippen molar-refractivity contribution in [3.63, 3.8) is 0 Å². The second kappa shape index (κ2) is 6.00. The number of hydrogen-bond donors (Lipinski definition) is 0. The van der Waals surface area contributed by atoms with E-state index < -0.39 is 0 Å². The zero-order chi connectivity index (χ0) is 14.7. The standard InChI is InChI=1S/C18H19FO/c1-4-13-8-9-15(10-14(13)5-2)18(20)16-7-6-12(3)17(19)11-16/h6-11H,4-5H2,1-3H3. The van der Waals surface area contributed by atoms with Crippen molar-refractivity contribution in [1.29, 1.82) is 0 Å². The zero-order valence-corrected chi connectivity index (χ0v) is 12.2. The van der Waals surface area contributed by atoms with Gasteiger partial charge in [-0.1, -0.05) is 38.1 Å². The molecule has 0 aliphatic rings. The summed E-state index contributed by atoms with van der Waals surface area (Å²) in [7, 11) is 0. The molecule has 1 nitrogen and oxygen atoms in total. The molecular weight excluding hydrogens is 251 g/mol. The number of carbonyl (C=O) groups excluding carboxylic acids is 1. The Morgan fingerprint density at radius 2 is 1.55 bits per heavy atom. The van der Waals surface area contributed by atoms with Gasteiger partial charge in [0.15, 0.2) is 5.78 Å². The third kappa shape index (κ3) is 2.79. The fraction of sp³-hybridized carbons (Fsp3) is 0.278. The Morgan fingerprint density at radius 3 is 2.15 bits per heavy atom. The maximum atomic E-state index is 13.6. The zero-order valence-electron chi connectivity index (χ0n) is 12.2. The lowest BCUT2D eigenvalue weighted by atomic mass is 9.95. The van der Waals surface area contributed by atoms with Gasteiger partial charge in [0.05, 0.1) is 0 Å². The van der Waals surface area contributed by atoms with Gasteiger partial charge in [-0.15, -0.1) is 0 Å². The minimum Gasteiger partial charge on any atom is -0.289 e. The molecule has 0 fully saturated rings. The second-order valence-electron chi connectivity index (χ2n) is 4.98. The second-order valence-corrected chi connectivity index (χ2v) is 4.98. The van der Waals surface area contributed by atoms with E-state index in [1.807, 2.05) is 18.2 Å². The van der Waals surface area contributed by atoms with Gasteiger partial charge in [-0.25, -0.2) is 4.39 Å². The van der Waals surface area contributed by atoms with Crippen LogP contribution >= 0.6 is 0 Å². The normalized spacial score (nSPS) is 10.6. The Labute approximate surface area is 119 Å². The first kappa shape index (κ1) is 14.4. The summed E-state index contributed by atoms with van der Waals surface area (Å²) in [6.07, 6.45) is 1.85. The van der Waals surface area contributed by atoms with Gasteiger partial charge in [-0.3, -0.25) is 4.79 Å². The molecular formula is C18H19FO. The molecule has 0 aliphatic heterocycles. The summed E-state index contributed by atoms with van der Waals surface area (Å²) >= 11 is 0. The third-order valence-corrected chi connectivity index (χ3v) is 3.66. The fourth-order valence-electron chi connectivity index (χ4n) is 2.34. The number of benzene rings is 2. The Morgan fingerprint density at radius 1 is 0.950 bits per heavy atom. The van der Waals surface area contributed by atoms with Crippen LogP contribution in [0.15, 0.2) is 36.4 Å². The molecule has 104 valence electrons. The molecule has 0 N–H and O–H groups in total. The average molecular weight is 270 g/mol. The minimum atomic E-state index is -0.336. The minimum absolute atomic E-state index is 0.124. The first-order valence-corrected chi connectivity index (χ1v) is 6.99. The first-order valence-electron chi connectivity index (χ1n) is 6.99. The molecule has 2 rings (SSSR count). The fourth-order valence-corrected chi connectivity index (χ4v) is 2.34. The largest absolute Gasteiger partial charge is 0.289 e. The van der Waals surface area contributed by atoms with Crippen molar-refractivity contribution >= 4 is 5.78 Å². The third-order valence-electron chi connectivity index (χ3n) is 3.66. The molecule has 0 aliphatic carbocycles. The highest BCUT2D eigenvalue weighted by atomic mass is 19.1. The highest BCUT2D eigenvalue weighted by Gasteiger charge is 2.12. The van der Waals surface area contributed by atoms with Gasteiger partial charge >= 0.3 is 0 Å². The van der Waals surface area contributed by atoms with E-state index in [1.165, 1.54) is 17.2 Å². The molecule has 0 amide bonds. The topological polar surface area (TPSA) is 17.1 Å². The number of ketones is 1. The van der Waals surface area contributed by atoms with Gasteiger partial charge < -0.3 is 0 Å². The number of rotatable bonds is 4. The summed E-state index contributed by atoms with van der Waals surface area (Å²) < 4.78 is 13.6. The van der Waals surface area contributed by atoms with Crippen molar-refractivity contribution in [2.24, 2.45) is 0 Å². The van der Waals surface area contributed by atoms with Gasteiger partial charge in [0.25, 0.3) is 0 Å². The Bertz CT molecular complexity index is 644. The van der Waals surface area contributed by atoms with Gasteiger partial charge in [-0.05, 0) is 48.6 Å². The van der Waals surface area contributed by atoms with Crippen LogP contribution in [0.5, 0.6) is 0 Å². The molecule has 0 unspecified atom stereocenters. The maximum Gasteiger partial charge on any atom is 0.193 e. The molecule has 20 heavy (non-hydrogen) atoms. The van der Waals surface area contributed by atoms with Crippen LogP contribution in [0.3, 0.4) is 0 Å². The van der Waals surface area contributed by atoms with Crippen molar-refractivity contribution in [3.05, 3.63) is 70.0 Å². The lowest BCUT2D eigenvalue weighted by Crippen LogP contribution is -2.04. The van der Waals surface area contributed by atoms with E-state index in [-0.39, 0.29) is 11.6 Å². The monoisotopic (exact) mass is 270 g/mol. The molecule has 0 bridgehead atoms. The smallest absolute Gasteiger partial charge is 0.193 e. The summed E-state index contributed by atoms with van der Waals surface area (Å²) in [5.41, 5.74) is 4.03. The summed E-state index contributed by atoms with van der Waals surface area (Å²) in [4.78, 5) is 12.4. The van der Waals surface area contributed by atoms with Crippen LogP contribution in [0.1, 0.15) is 46.5 Å². The first-order chi connectivity index (χ1) is 9.56. The molecule has 0 heterocycles. The van der Waals surface area contributed by atoms with Crippen LogP contribution in [-0.2, 0) is 12.8 Å². The Kier molecular flexibility index (Phi) is 4.33. The van der Waals surface area contributed by atoms with Gasteiger partial charge in [-0.2, -0.15) is 0 Å². The Hall–Kier alpha value is -1.96. The van der Waals surface area contributed by atoms with E-state index >= 15 is 0 Å². The maximum absolute atomic E-state index is 13.6. The van der Waals surface area contributed by atoms with Crippen LogP contribution in [-0.4, -0.2) is 5.78 Å². The average Bonchev–Trinajstić information content (AvgIpc) is 2.48. The SMILES string of the molecule is CCc1ccc(C(=O)c2ccc(C)c(F)c2)cc1CC. The van der Waals surface area contributed by atoms with E-state index in [2.05, 4.69) is 13.8 Å². The highest BCUT2D eigenvalue weighted by Crippen LogP contribution is 2.18. The van der Waals surface area contributed by atoms with Crippen LogP contribution < -0.4 is 0 Å². The van der Waals surface area contributed by atoms with Crippen LogP contribution in [0.2, 0.25) is 0 Å². The summed E-state index contributed by atoms with van der Waals surface area (Å²) in [6.45, 7) is 5.87. The predicted molar refractivity (Wildman–Crippen MR) is 79.8 cm³/mol. The lowest BCUT2D eigenvalue weighted by molar-refractivity contribution is 0.103. The quantitative estimate of drug-likeness (QED) is 0.748. The van der Waals surface area contributed by atoms with Crippen molar-refractivity contribution < 1.29 is 9.18 Å². The van der Waals surface area contributed by atoms with Crippen LogP contribution in [0.25, 0.3) is 0 Å². The van der Waals surface area contributed by atoms with Gasteiger partial charge in [0.1, 0.15) is 5.82 Å². The van der Waals surface area contributed by atoms with Crippen molar-refractivity contribution in [3.8, 4) is 0 Å². The lowest BCUT2D eigenvalue weighted by Gasteiger charge is -2.09. The van der Waals surface area contributed by atoms with E-state index in [1.54, 1.807) is 19.1 Å². The summed E-state index contributed by atoms with van der Waals surface area (Å²) in [6, 6.07) is 10.4. The van der Waals surface area contributed by atoms with Crippen LogP contribution in [0, 0.1) is 12.7 Å². The number of carbonyl (C=O) groups is 1. The van der Waals surface area contributed by atoms with E-state index in [0.29, 0.717) is 16.7 Å². The molecule has 0 radical (unpaired) electrons. The molecule has 0 spiro atoms. The van der Waals surface area contributed by atoms with Gasteiger partial charge in [0, 0.05) is 11.1 Å². The Balaban J connectivity index is 2.40. The van der Waals surface area contributed by atoms with Gasteiger partial charge in [0.2, 0.25) is 0 Å². The van der Waals surface area contributed by atoms with E-state index in [0.717, 1.165) is 12.8 Å².